The molecule has 0 aliphatic carbocycles. The molecule has 1 atom stereocenters. The van der Waals surface area contributed by atoms with Crippen molar-refractivity contribution >= 4 is 32.8 Å². The van der Waals surface area contributed by atoms with Crippen LogP contribution in [-0.2, 0) is 5.41 Å². The van der Waals surface area contributed by atoms with Crippen molar-refractivity contribution < 1.29 is 0 Å². The molecule has 0 amide bonds. The molecule has 0 saturated carbocycles. The summed E-state index contributed by atoms with van der Waals surface area (Å²) in [6.07, 6.45) is 0. The van der Waals surface area contributed by atoms with E-state index in [1.807, 2.05) is 11.3 Å². The molecule has 104 valence electrons. The fourth-order valence-corrected chi connectivity index (χ4v) is 4.46. The lowest BCUT2D eigenvalue weighted by molar-refractivity contribution is 0.604. The van der Waals surface area contributed by atoms with Gasteiger partial charge in [-0.3, -0.25) is 0 Å². The summed E-state index contributed by atoms with van der Waals surface area (Å²) in [4.78, 5) is 3.89. The summed E-state index contributed by atoms with van der Waals surface area (Å²) in [5.74, 6) is 0. The minimum atomic E-state index is -0.00602. The van der Waals surface area contributed by atoms with Gasteiger partial charge in [0.15, 0.2) is 0 Å². The Morgan fingerprint density at radius 3 is 2.35 bits per heavy atom. The first kappa shape index (κ1) is 13.8. The molecule has 1 unspecified atom stereocenters. The summed E-state index contributed by atoms with van der Waals surface area (Å²) in [6.45, 7) is 6.73. The second kappa shape index (κ2) is 4.99. The van der Waals surface area contributed by atoms with E-state index in [4.69, 9.17) is 5.73 Å². The fourth-order valence-electron chi connectivity index (χ4n) is 2.22. The number of hydrogen-bond donors (Lipinski definition) is 1. The van der Waals surface area contributed by atoms with Gasteiger partial charge in [-0.15, -0.1) is 22.7 Å². The summed E-state index contributed by atoms with van der Waals surface area (Å²) in [5, 5.41) is 1.29. The Hall–Kier alpha value is -1.16. The van der Waals surface area contributed by atoms with E-state index < -0.39 is 0 Å². The van der Waals surface area contributed by atoms with Crippen molar-refractivity contribution in [2.75, 3.05) is 0 Å². The molecular weight excluding hydrogens is 282 g/mol. The van der Waals surface area contributed by atoms with Crippen molar-refractivity contribution in [3.63, 3.8) is 0 Å². The van der Waals surface area contributed by atoms with Crippen LogP contribution in [0.5, 0.6) is 0 Å². The zero-order valence-corrected chi connectivity index (χ0v) is 13.6. The highest BCUT2D eigenvalue weighted by atomic mass is 32.1. The van der Waals surface area contributed by atoms with Gasteiger partial charge in [0.05, 0.1) is 6.04 Å². The second-order valence-corrected chi connectivity index (χ2v) is 8.35. The molecule has 2 N–H and O–H groups in total. The molecule has 0 aliphatic heterocycles. The molecule has 0 bridgehead atoms. The molecule has 20 heavy (non-hydrogen) atoms. The Kier molecular flexibility index (Phi) is 3.44. The smallest absolute Gasteiger partial charge is 0.0740 e. The highest BCUT2D eigenvalue weighted by Gasteiger charge is 2.20. The van der Waals surface area contributed by atoms with E-state index >= 15 is 0 Å². The first-order chi connectivity index (χ1) is 9.45. The average molecular weight is 301 g/mol. The van der Waals surface area contributed by atoms with E-state index in [-0.39, 0.29) is 11.5 Å². The maximum absolute atomic E-state index is 6.46. The maximum Gasteiger partial charge on any atom is 0.0740 e. The number of hydrogen-bond acceptors (Lipinski definition) is 3. The SMILES string of the molecule is CC(C)(C)c1ccc(C(N)c2cc3ccccc3s2)s1. The number of thiophene rings is 2. The van der Waals surface area contributed by atoms with E-state index in [1.165, 1.54) is 24.7 Å². The molecule has 1 aromatic carbocycles. The fraction of sp³-hybridized carbons (Fsp3) is 0.294. The Morgan fingerprint density at radius 2 is 1.70 bits per heavy atom. The van der Waals surface area contributed by atoms with Gasteiger partial charge in [0, 0.05) is 19.3 Å². The molecule has 0 fully saturated rings. The summed E-state index contributed by atoms with van der Waals surface area (Å²) < 4.78 is 1.31. The van der Waals surface area contributed by atoms with Crippen LogP contribution >= 0.6 is 22.7 Å². The maximum atomic E-state index is 6.46. The van der Waals surface area contributed by atoms with Crippen molar-refractivity contribution in [3.8, 4) is 0 Å². The zero-order chi connectivity index (χ0) is 14.3. The van der Waals surface area contributed by atoms with Gasteiger partial charge < -0.3 is 5.73 Å². The molecule has 0 saturated heterocycles. The monoisotopic (exact) mass is 301 g/mol. The Bertz CT molecular complexity index is 698. The van der Waals surface area contributed by atoms with Gasteiger partial charge in [0.2, 0.25) is 0 Å². The van der Waals surface area contributed by atoms with Crippen LogP contribution in [-0.4, -0.2) is 0 Å². The summed E-state index contributed by atoms with van der Waals surface area (Å²) >= 11 is 3.63. The van der Waals surface area contributed by atoms with Crippen LogP contribution < -0.4 is 5.73 Å². The minimum Gasteiger partial charge on any atom is -0.319 e. The molecule has 3 aromatic rings. The van der Waals surface area contributed by atoms with Gasteiger partial charge in [0.1, 0.15) is 0 Å². The molecule has 0 radical (unpaired) electrons. The number of benzene rings is 1. The second-order valence-electron chi connectivity index (χ2n) is 6.12. The summed E-state index contributed by atoms with van der Waals surface area (Å²) in [7, 11) is 0. The van der Waals surface area contributed by atoms with Crippen molar-refractivity contribution in [2.24, 2.45) is 5.73 Å². The van der Waals surface area contributed by atoms with Gasteiger partial charge in [0.25, 0.3) is 0 Å². The first-order valence-electron chi connectivity index (χ1n) is 6.79. The summed E-state index contributed by atoms with van der Waals surface area (Å²) in [5.41, 5.74) is 6.65. The zero-order valence-electron chi connectivity index (χ0n) is 12.0. The van der Waals surface area contributed by atoms with Gasteiger partial charge in [-0.1, -0.05) is 39.0 Å². The lowest BCUT2D eigenvalue weighted by Gasteiger charge is -2.15. The first-order valence-corrected chi connectivity index (χ1v) is 8.43. The van der Waals surface area contributed by atoms with Gasteiger partial charge >= 0.3 is 0 Å². The Morgan fingerprint density at radius 1 is 0.950 bits per heavy atom. The largest absolute Gasteiger partial charge is 0.319 e. The van der Waals surface area contributed by atoms with Crippen LogP contribution in [0.25, 0.3) is 10.1 Å². The van der Waals surface area contributed by atoms with Crippen LogP contribution in [0.1, 0.15) is 41.4 Å². The standard InChI is InChI=1S/C17H19NS2/c1-17(2,3)15-9-8-13(20-15)16(18)14-10-11-6-4-5-7-12(11)19-14/h4-10,16H,18H2,1-3H3. The van der Waals surface area contributed by atoms with Crippen LogP contribution in [0.3, 0.4) is 0 Å². The molecule has 0 aliphatic rings. The predicted molar refractivity (Wildman–Crippen MR) is 90.9 cm³/mol. The van der Waals surface area contributed by atoms with Crippen LogP contribution in [0.15, 0.2) is 42.5 Å². The van der Waals surface area contributed by atoms with Crippen molar-refractivity contribution in [2.45, 2.75) is 32.2 Å². The quantitative estimate of drug-likeness (QED) is 0.682. The van der Waals surface area contributed by atoms with Crippen molar-refractivity contribution in [1.82, 2.24) is 0 Å². The molecule has 3 heteroatoms. The molecule has 2 aromatic heterocycles. The molecule has 3 rings (SSSR count). The summed E-state index contributed by atoms with van der Waals surface area (Å²) in [6, 6.07) is 15.1. The third-order valence-corrected chi connectivity index (χ3v) is 6.22. The lowest BCUT2D eigenvalue weighted by Crippen LogP contribution is -2.09. The van der Waals surface area contributed by atoms with E-state index in [0.717, 1.165) is 0 Å². The van der Waals surface area contributed by atoms with E-state index in [9.17, 15) is 0 Å². The Labute approximate surface area is 128 Å². The van der Waals surface area contributed by atoms with Crippen LogP contribution in [0.2, 0.25) is 0 Å². The van der Waals surface area contributed by atoms with Crippen molar-refractivity contribution in [3.05, 3.63) is 57.1 Å². The van der Waals surface area contributed by atoms with E-state index in [0.29, 0.717) is 0 Å². The van der Waals surface area contributed by atoms with Crippen LogP contribution in [0, 0.1) is 0 Å². The number of nitrogens with two attached hydrogens (primary N) is 1. The van der Waals surface area contributed by atoms with Gasteiger partial charge in [-0.05, 0) is 35.1 Å². The van der Waals surface area contributed by atoms with E-state index in [1.54, 1.807) is 11.3 Å². The number of fused-ring (bicyclic) bond motifs is 1. The predicted octanol–water partition coefficient (Wildman–Crippen LogP) is 5.31. The normalized spacial score (nSPS) is 13.8. The third kappa shape index (κ3) is 2.53. The third-order valence-electron chi connectivity index (χ3n) is 3.42. The van der Waals surface area contributed by atoms with Gasteiger partial charge in [-0.25, -0.2) is 0 Å². The van der Waals surface area contributed by atoms with Crippen molar-refractivity contribution in [1.29, 1.82) is 0 Å². The highest BCUT2D eigenvalue weighted by Crippen LogP contribution is 2.37. The van der Waals surface area contributed by atoms with E-state index in [2.05, 4.69) is 63.2 Å². The Balaban J connectivity index is 1.95. The lowest BCUT2D eigenvalue weighted by atomic mass is 9.95. The molecule has 1 nitrogen and oxygen atoms in total. The van der Waals surface area contributed by atoms with Gasteiger partial charge in [-0.2, -0.15) is 0 Å². The topological polar surface area (TPSA) is 26.0 Å². The average Bonchev–Trinajstić information content (AvgIpc) is 3.04. The van der Waals surface area contributed by atoms with Crippen LogP contribution in [0.4, 0.5) is 0 Å². The highest BCUT2D eigenvalue weighted by molar-refractivity contribution is 7.19. The molecule has 0 spiro atoms. The molecular formula is C17H19NS2. The molecule has 2 heterocycles. The minimum absolute atomic E-state index is 0.00602. The number of rotatable bonds is 2.